The van der Waals surface area contributed by atoms with Crippen molar-refractivity contribution in [1.82, 2.24) is 9.55 Å². The molecule has 7 heteroatoms. The molecule has 182 valence electrons. The summed E-state index contributed by atoms with van der Waals surface area (Å²) < 4.78 is 33.6. The molecule has 1 heterocycles. The molecule has 36 heavy (non-hydrogen) atoms. The molecule has 5 rings (SSSR count). The number of aromatic nitrogens is 2. The molecule has 0 bridgehead atoms. The standard InChI is InChI=1S/C29H26N2O4S/c32-24(20-35-25-17-15-23(16-18-25)22-9-3-1-4-10-22)19-31-28-14-8-7-13-27(28)30-29(31)21-36(33,34)26-11-5-2-6-12-26/h1-18,24,32H,19-21H2/t24-/m0/s1. The molecule has 0 aliphatic rings. The second-order valence-corrected chi connectivity index (χ2v) is 10.5. The molecular weight excluding hydrogens is 472 g/mol. The first-order valence-electron chi connectivity index (χ1n) is 11.7. The third kappa shape index (κ3) is 5.32. The van der Waals surface area contributed by atoms with E-state index in [1.807, 2.05) is 78.9 Å². The molecule has 5 aromatic rings. The van der Waals surface area contributed by atoms with Gasteiger partial charge in [-0.2, -0.15) is 0 Å². The van der Waals surface area contributed by atoms with Crippen molar-refractivity contribution in [1.29, 1.82) is 0 Å². The van der Waals surface area contributed by atoms with E-state index in [0.29, 0.717) is 17.1 Å². The summed E-state index contributed by atoms with van der Waals surface area (Å²) in [6.07, 6.45) is -0.866. The summed E-state index contributed by atoms with van der Waals surface area (Å²) in [5, 5.41) is 10.8. The number of aliphatic hydroxyl groups excluding tert-OH is 1. The second-order valence-electron chi connectivity index (χ2n) is 8.55. The topological polar surface area (TPSA) is 81.4 Å². The summed E-state index contributed by atoms with van der Waals surface area (Å²) in [7, 11) is -3.60. The van der Waals surface area contributed by atoms with E-state index in [2.05, 4.69) is 4.98 Å². The highest BCUT2D eigenvalue weighted by atomic mass is 32.2. The minimum Gasteiger partial charge on any atom is -0.491 e. The molecule has 6 nitrogen and oxygen atoms in total. The molecule has 1 aromatic heterocycles. The zero-order chi connectivity index (χ0) is 25.0. The predicted molar refractivity (Wildman–Crippen MR) is 140 cm³/mol. The van der Waals surface area contributed by atoms with E-state index in [9.17, 15) is 13.5 Å². The maximum Gasteiger partial charge on any atom is 0.185 e. The van der Waals surface area contributed by atoms with Crippen LogP contribution in [0.2, 0.25) is 0 Å². The Labute approximate surface area is 210 Å². The summed E-state index contributed by atoms with van der Waals surface area (Å²) >= 11 is 0. The molecule has 4 aromatic carbocycles. The molecule has 0 spiro atoms. The van der Waals surface area contributed by atoms with E-state index in [1.165, 1.54) is 0 Å². The van der Waals surface area contributed by atoms with Gasteiger partial charge in [-0.1, -0.05) is 72.8 Å². The largest absolute Gasteiger partial charge is 0.491 e. The van der Waals surface area contributed by atoms with Crippen molar-refractivity contribution in [2.45, 2.75) is 23.3 Å². The van der Waals surface area contributed by atoms with E-state index >= 15 is 0 Å². The number of para-hydroxylation sites is 2. The number of ether oxygens (including phenoxy) is 1. The molecule has 1 atom stereocenters. The Morgan fingerprint density at radius 2 is 1.39 bits per heavy atom. The molecule has 0 amide bonds. The van der Waals surface area contributed by atoms with Crippen molar-refractivity contribution >= 4 is 20.9 Å². The van der Waals surface area contributed by atoms with Gasteiger partial charge in [-0.3, -0.25) is 0 Å². The molecule has 0 saturated carbocycles. The van der Waals surface area contributed by atoms with Crippen LogP contribution in [0.3, 0.4) is 0 Å². The third-order valence-electron chi connectivity index (χ3n) is 5.95. The van der Waals surface area contributed by atoms with Gasteiger partial charge in [0.15, 0.2) is 9.84 Å². The van der Waals surface area contributed by atoms with Crippen molar-refractivity contribution in [3.8, 4) is 16.9 Å². The van der Waals surface area contributed by atoms with Crippen molar-refractivity contribution in [2.24, 2.45) is 0 Å². The summed E-state index contributed by atoms with van der Waals surface area (Å²) in [5.74, 6) is 0.766. The van der Waals surface area contributed by atoms with Crippen molar-refractivity contribution in [2.75, 3.05) is 6.61 Å². The van der Waals surface area contributed by atoms with Gasteiger partial charge in [-0.05, 0) is 47.5 Å². The predicted octanol–water partition coefficient (Wildman–Crippen LogP) is 5.12. The first-order chi connectivity index (χ1) is 17.5. The quantitative estimate of drug-likeness (QED) is 0.305. The number of benzene rings is 4. The number of imidazole rings is 1. The number of fused-ring (bicyclic) bond motifs is 1. The molecule has 0 saturated heterocycles. The Kier molecular flexibility index (Phi) is 6.84. The van der Waals surface area contributed by atoms with Crippen molar-refractivity contribution < 1.29 is 18.3 Å². The van der Waals surface area contributed by atoms with Gasteiger partial charge in [0.1, 0.15) is 30.0 Å². The minimum atomic E-state index is -3.60. The monoisotopic (exact) mass is 498 g/mol. The lowest BCUT2D eigenvalue weighted by molar-refractivity contribution is 0.0929. The zero-order valence-electron chi connectivity index (χ0n) is 19.6. The summed E-state index contributed by atoms with van der Waals surface area (Å²) in [5.41, 5.74) is 3.65. The Bertz CT molecular complexity index is 1550. The van der Waals surface area contributed by atoms with E-state index in [4.69, 9.17) is 4.74 Å². The minimum absolute atomic E-state index is 0.0576. The van der Waals surface area contributed by atoms with E-state index in [-0.39, 0.29) is 23.8 Å². The van der Waals surface area contributed by atoms with Gasteiger partial charge < -0.3 is 14.4 Å². The number of rotatable bonds is 9. The van der Waals surface area contributed by atoms with Crippen LogP contribution in [0.25, 0.3) is 22.2 Å². The third-order valence-corrected chi connectivity index (χ3v) is 7.58. The number of nitrogens with zero attached hydrogens (tertiary/aromatic N) is 2. The summed E-state index contributed by atoms with van der Waals surface area (Å²) in [4.78, 5) is 4.81. The van der Waals surface area contributed by atoms with Crippen LogP contribution in [0.5, 0.6) is 5.75 Å². The summed E-state index contributed by atoms with van der Waals surface area (Å²) in [6, 6.07) is 33.5. The maximum atomic E-state index is 13.0. The van der Waals surface area contributed by atoms with Crippen LogP contribution in [0, 0.1) is 0 Å². The van der Waals surface area contributed by atoms with E-state index in [0.717, 1.165) is 16.6 Å². The highest BCUT2D eigenvalue weighted by molar-refractivity contribution is 7.90. The van der Waals surface area contributed by atoms with Crippen LogP contribution in [0.4, 0.5) is 0 Å². The van der Waals surface area contributed by atoms with Gasteiger partial charge in [-0.25, -0.2) is 13.4 Å². The highest BCUT2D eigenvalue weighted by Gasteiger charge is 2.22. The first kappa shape index (κ1) is 23.8. The Morgan fingerprint density at radius 3 is 2.11 bits per heavy atom. The molecule has 0 fully saturated rings. The van der Waals surface area contributed by atoms with Gasteiger partial charge >= 0.3 is 0 Å². The Morgan fingerprint density at radius 1 is 0.778 bits per heavy atom. The fourth-order valence-electron chi connectivity index (χ4n) is 4.15. The maximum absolute atomic E-state index is 13.0. The zero-order valence-corrected chi connectivity index (χ0v) is 20.4. The molecule has 0 aliphatic heterocycles. The SMILES string of the molecule is O=S(=O)(Cc1nc2ccccc2n1C[C@H](O)COc1ccc(-c2ccccc2)cc1)c1ccccc1. The van der Waals surface area contributed by atoms with Gasteiger partial charge in [0, 0.05) is 0 Å². The summed E-state index contributed by atoms with van der Waals surface area (Å²) in [6.45, 7) is 0.213. The molecule has 0 aliphatic carbocycles. The lowest BCUT2D eigenvalue weighted by Crippen LogP contribution is -2.25. The number of hydrogen-bond acceptors (Lipinski definition) is 5. The van der Waals surface area contributed by atoms with Crippen LogP contribution in [-0.2, 0) is 22.1 Å². The average molecular weight is 499 g/mol. The van der Waals surface area contributed by atoms with Crippen LogP contribution >= 0.6 is 0 Å². The Hall–Kier alpha value is -3.94. The fourth-order valence-corrected chi connectivity index (χ4v) is 5.45. The van der Waals surface area contributed by atoms with Crippen LogP contribution in [-0.4, -0.2) is 35.8 Å². The van der Waals surface area contributed by atoms with Crippen LogP contribution in [0.1, 0.15) is 5.82 Å². The molecule has 1 N–H and O–H groups in total. The lowest BCUT2D eigenvalue weighted by Gasteiger charge is -2.16. The Balaban J connectivity index is 1.31. The van der Waals surface area contributed by atoms with Crippen molar-refractivity contribution in [3.05, 3.63) is 115 Å². The number of sulfone groups is 1. The molecule has 0 unspecified atom stereocenters. The van der Waals surface area contributed by atoms with Gasteiger partial charge in [0.2, 0.25) is 0 Å². The van der Waals surface area contributed by atoms with Gasteiger partial charge in [0.25, 0.3) is 0 Å². The lowest BCUT2D eigenvalue weighted by atomic mass is 10.1. The number of aliphatic hydroxyl groups is 1. The average Bonchev–Trinajstić information content (AvgIpc) is 3.24. The van der Waals surface area contributed by atoms with Crippen LogP contribution in [0.15, 0.2) is 114 Å². The van der Waals surface area contributed by atoms with E-state index < -0.39 is 15.9 Å². The van der Waals surface area contributed by atoms with Gasteiger partial charge in [-0.15, -0.1) is 0 Å². The first-order valence-corrected chi connectivity index (χ1v) is 13.3. The molecular formula is C29H26N2O4S. The van der Waals surface area contributed by atoms with Crippen molar-refractivity contribution in [3.63, 3.8) is 0 Å². The van der Waals surface area contributed by atoms with Crippen LogP contribution < -0.4 is 4.74 Å². The second kappa shape index (κ2) is 10.4. The smallest absolute Gasteiger partial charge is 0.185 e. The molecule has 0 radical (unpaired) electrons. The highest BCUT2D eigenvalue weighted by Crippen LogP contribution is 2.24. The number of hydrogen-bond donors (Lipinski definition) is 1. The van der Waals surface area contributed by atoms with E-state index in [1.54, 1.807) is 34.9 Å². The fraction of sp³-hybridized carbons (Fsp3) is 0.138. The van der Waals surface area contributed by atoms with Gasteiger partial charge in [0.05, 0.1) is 22.5 Å². The normalized spacial score (nSPS) is 12.5.